The topological polar surface area (TPSA) is 88.2 Å². The van der Waals surface area contributed by atoms with Crippen molar-refractivity contribution in [3.05, 3.63) is 39.0 Å². The summed E-state index contributed by atoms with van der Waals surface area (Å²) in [4.78, 5) is 29.3. The molecule has 106 valence electrons. The summed E-state index contributed by atoms with van der Waals surface area (Å²) in [6.45, 7) is 1.95. The van der Waals surface area contributed by atoms with Gasteiger partial charge in [-0.05, 0) is 28.1 Å². The highest BCUT2D eigenvalue weighted by molar-refractivity contribution is 9.10. The Labute approximate surface area is 122 Å². The highest BCUT2D eigenvalue weighted by Gasteiger charge is 2.13. The van der Waals surface area contributed by atoms with Crippen molar-refractivity contribution in [3.63, 3.8) is 0 Å². The standard InChI is InChI=1S/C11H11BrN4O4/c1-3-19-11(18)9-6-16(14-13-9)20-7-4-8(12)10(17)15(2)5-7/h4-6H,3H2,1-2H3. The second kappa shape index (κ2) is 5.87. The molecule has 0 bridgehead atoms. The number of rotatable bonds is 4. The van der Waals surface area contributed by atoms with E-state index in [1.54, 1.807) is 14.0 Å². The van der Waals surface area contributed by atoms with Gasteiger partial charge in [-0.1, -0.05) is 4.85 Å². The number of ether oxygens (including phenoxy) is 1. The fourth-order valence-electron chi connectivity index (χ4n) is 1.39. The quantitative estimate of drug-likeness (QED) is 0.762. The normalized spacial score (nSPS) is 10.3. The molecule has 9 heteroatoms. The van der Waals surface area contributed by atoms with Gasteiger partial charge in [-0.3, -0.25) is 4.79 Å². The largest absolute Gasteiger partial charge is 0.461 e. The first-order valence-corrected chi connectivity index (χ1v) is 6.44. The van der Waals surface area contributed by atoms with Crippen LogP contribution in [0.1, 0.15) is 17.4 Å². The predicted octanol–water partition coefficient (Wildman–Crippen LogP) is 0.758. The zero-order chi connectivity index (χ0) is 14.7. The van der Waals surface area contributed by atoms with Crippen molar-refractivity contribution in [1.29, 1.82) is 0 Å². The maximum Gasteiger partial charge on any atom is 0.360 e. The fourth-order valence-corrected chi connectivity index (χ4v) is 1.90. The van der Waals surface area contributed by atoms with Crippen LogP contribution in [-0.2, 0) is 11.8 Å². The second-order valence-electron chi connectivity index (χ2n) is 3.76. The van der Waals surface area contributed by atoms with E-state index in [9.17, 15) is 9.59 Å². The first-order valence-electron chi connectivity index (χ1n) is 5.65. The number of hydrogen-bond donors (Lipinski definition) is 0. The molecule has 20 heavy (non-hydrogen) atoms. The van der Waals surface area contributed by atoms with E-state index in [0.29, 0.717) is 10.2 Å². The molecule has 2 rings (SSSR count). The minimum Gasteiger partial charge on any atom is -0.461 e. The fraction of sp³-hybridized carbons (Fsp3) is 0.273. The second-order valence-corrected chi connectivity index (χ2v) is 4.61. The third kappa shape index (κ3) is 3.05. The van der Waals surface area contributed by atoms with Gasteiger partial charge in [0, 0.05) is 13.1 Å². The van der Waals surface area contributed by atoms with Gasteiger partial charge in [0.25, 0.3) is 5.56 Å². The summed E-state index contributed by atoms with van der Waals surface area (Å²) in [5.41, 5.74) is -0.154. The monoisotopic (exact) mass is 342 g/mol. The van der Waals surface area contributed by atoms with Crippen molar-refractivity contribution in [1.82, 2.24) is 19.7 Å². The molecule has 0 aromatic carbocycles. The van der Waals surface area contributed by atoms with Gasteiger partial charge in [0.2, 0.25) is 0 Å². The van der Waals surface area contributed by atoms with Gasteiger partial charge in [-0.15, -0.1) is 5.10 Å². The lowest BCUT2D eigenvalue weighted by Gasteiger charge is -2.05. The highest BCUT2D eigenvalue weighted by atomic mass is 79.9. The van der Waals surface area contributed by atoms with Crippen LogP contribution in [-0.4, -0.2) is 32.3 Å². The van der Waals surface area contributed by atoms with E-state index in [1.807, 2.05) is 0 Å². The van der Waals surface area contributed by atoms with Crippen LogP contribution >= 0.6 is 15.9 Å². The summed E-state index contributed by atoms with van der Waals surface area (Å²) < 4.78 is 6.48. The molecule has 0 radical (unpaired) electrons. The lowest BCUT2D eigenvalue weighted by atomic mass is 10.4. The summed E-state index contributed by atoms with van der Waals surface area (Å²) in [7, 11) is 1.59. The molecule has 2 aromatic rings. The molecule has 2 heterocycles. The van der Waals surface area contributed by atoms with Crippen LogP contribution in [0.15, 0.2) is 27.7 Å². The molecule has 0 N–H and O–H groups in total. The van der Waals surface area contributed by atoms with Crippen LogP contribution in [0, 0.1) is 0 Å². The van der Waals surface area contributed by atoms with E-state index in [4.69, 9.17) is 9.57 Å². The van der Waals surface area contributed by atoms with Crippen LogP contribution in [0.5, 0.6) is 5.75 Å². The Morgan fingerprint density at radius 2 is 2.20 bits per heavy atom. The van der Waals surface area contributed by atoms with Gasteiger partial charge in [0.1, 0.15) is 6.20 Å². The number of aromatic nitrogens is 4. The van der Waals surface area contributed by atoms with Crippen LogP contribution < -0.4 is 10.4 Å². The Kier molecular flexibility index (Phi) is 4.18. The molecule has 0 unspecified atom stereocenters. The SMILES string of the molecule is CCOC(=O)c1cn(Oc2cc(Br)c(=O)n(C)c2)nn1. The summed E-state index contributed by atoms with van der Waals surface area (Å²) in [5.74, 6) is -0.219. The number of aryl methyl sites for hydroxylation is 1. The van der Waals surface area contributed by atoms with Gasteiger partial charge in [-0.2, -0.15) is 0 Å². The van der Waals surface area contributed by atoms with Crippen molar-refractivity contribution in [2.45, 2.75) is 6.92 Å². The zero-order valence-corrected chi connectivity index (χ0v) is 12.3. The lowest BCUT2D eigenvalue weighted by Crippen LogP contribution is -2.17. The lowest BCUT2D eigenvalue weighted by molar-refractivity contribution is 0.0519. The number of pyridine rings is 1. The molecule has 0 atom stereocenters. The van der Waals surface area contributed by atoms with Crippen molar-refractivity contribution in [3.8, 4) is 5.75 Å². The molecular weight excluding hydrogens is 332 g/mol. The number of esters is 1. The average Bonchev–Trinajstić information content (AvgIpc) is 2.85. The van der Waals surface area contributed by atoms with Gasteiger partial charge in [0.15, 0.2) is 11.4 Å². The Morgan fingerprint density at radius 1 is 1.45 bits per heavy atom. The maximum atomic E-state index is 11.5. The molecule has 0 aliphatic heterocycles. The van der Waals surface area contributed by atoms with Crippen molar-refractivity contribution in [2.24, 2.45) is 7.05 Å². The van der Waals surface area contributed by atoms with E-state index < -0.39 is 5.97 Å². The Morgan fingerprint density at radius 3 is 2.85 bits per heavy atom. The van der Waals surface area contributed by atoms with Crippen molar-refractivity contribution < 1.29 is 14.4 Å². The van der Waals surface area contributed by atoms with Crippen molar-refractivity contribution >= 4 is 21.9 Å². The number of carbonyl (C=O) groups excluding carboxylic acids is 1. The first-order chi connectivity index (χ1) is 9.51. The summed E-state index contributed by atoms with van der Waals surface area (Å²) in [6.07, 6.45) is 2.77. The third-order valence-corrected chi connectivity index (χ3v) is 2.84. The van der Waals surface area contributed by atoms with Gasteiger partial charge >= 0.3 is 5.97 Å². The maximum absolute atomic E-state index is 11.5. The molecular formula is C11H11BrN4O4. The summed E-state index contributed by atoms with van der Waals surface area (Å²) in [5, 5.41) is 7.26. The molecule has 0 saturated carbocycles. The molecule has 0 spiro atoms. The number of nitrogens with zero attached hydrogens (tertiary/aromatic N) is 4. The smallest absolute Gasteiger partial charge is 0.360 e. The number of halogens is 1. The molecule has 0 fully saturated rings. The van der Waals surface area contributed by atoms with E-state index in [2.05, 4.69) is 26.2 Å². The molecule has 8 nitrogen and oxygen atoms in total. The highest BCUT2D eigenvalue weighted by Crippen LogP contribution is 2.14. The van der Waals surface area contributed by atoms with Crippen LogP contribution in [0.25, 0.3) is 0 Å². The van der Waals surface area contributed by atoms with E-state index >= 15 is 0 Å². The van der Waals surface area contributed by atoms with Crippen LogP contribution in [0.2, 0.25) is 0 Å². The first kappa shape index (κ1) is 14.3. The van der Waals surface area contributed by atoms with Gasteiger partial charge < -0.3 is 14.1 Å². The molecule has 0 aliphatic rings. The number of carbonyl (C=O) groups is 1. The predicted molar refractivity (Wildman–Crippen MR) is 71.4 cm³/mol. The van der Waals surface area contributed by atoms with E-state index in [0.717, 1.165) is 4.85 Å². The minimum atomic E-state index is -0.580. The summed E-state index contributed by atoms with van der Waals surface area (Å²) >= 11 is 3.13. The third-order valence-electron chi connectivity index (χ3n) is 2.27. The van der Waals surface area contributed by atoms with E-state index in [-0.39, 0.29) is 17.9 Å². The number of hydrogen-bond acceptors (Lipinski definition) is 6. The molecule has 0 aliphatic carbocycles. The summed E-state index contributed by atoms with van der Waals surface area (Å²) in [6, 6.07) is 1.49. The minimum absolute atomic E-state index is 0.0377. The molecule has 0 saturated heterocycles. The zero-order valence-electron chi connectivity index (χ0n) is 10.7. The molecule has 2 aromatic heterocycles. The van der Waals surface area contributed by atoms with Gasteiger partial charge in [0.05, 0.1) is 17.3 Å². The van der Waals surface area contributed by atoms with Gasteiger partial charge in [-0.25, -0.2) is 4.79 Å². The Hall–Kier alpha value is -2.16. The molecule has 0 amide bonds. The average molecular weight is 343 g/mol. The Bertz CT molecular complexity index is 668. The van der Waals surface area contributed by atoms with E-state index in [1.165, 1.54) is 23.0 Å². The van der Waals surface area contributed by atoms with Crippen LogP contribution in [0.3, 0.4) is 0 Å². The van der Waals surface area contributed by atoms with Crippen molar-refractivity contribution in [2.75, 3.05) is 6.61 Å². The van der Waals surface area contributed by atoms with Crippen LogP contribution in [0.4, 0.5) is 0 Å². The Balaban J connectivity index is 2.19.